The molecule has 2 saturated heterocycles. The van der Waals surface area contributed by atoms with Gasteiger partial charge in [-0.15, -0.1) is 5.10 Å². The van der Waals surface area contributed by atoms with Crippen molar-refractivity contribution in [3.63, 3.8) is 0 Å². The van der Waals surface area contributed by atoms with Gasteiger partial charge in [-0.3, -0.25) is 4.90 Å². The molecule has 3 fully saturated rings. The van der Waals surface area contributed by atoms with Crippen molar-refractivity contribution in [2.75, 3.05) is 56.0 Å². The average Bonchev–Trinajstić information content (AvgIpc) is 3.68. The van der Waals surface area contributed by atoms with Crippen LogP contribution in [0.4, 0.5) is 27.9 Å². The number of hydrogen-bond donors (Lipinski definition) is 3. The maximum atomic E-state index is 12.1. The molecule has 0 spiro atoms. The fourth-order valence-electron chi connectivity index (χ4n) is 5.31. The quantitative estimate of drug-likeness (QED) is 0.350. The minimum atomic E-state index is -0.474. The second-order valence-electron chi connectivity index (χ2n) is 10.7. The second-order valence-corrected chi connectivity index (χ2v) is 11.1. The molecule has 1 unspecified atom stereocenters. The second kappa shape index (κ2) is 11.5. The van der Waals surface area contributed by atoms with Crippen LogP contribution >= 0.6 is 11.6 Å². The van der Waals surface area contributed by atoms with E-state index in [1.165, 1.54) is 17.8 Å². The van der Waals surface area contributed by atoms with Gasteiger partial charge in [0.1, 0.15) is 6.07 Å². The summed E-state index contributed by atoms with van der Waals surface area (Å²) in [5.74, 6) is 0.710. The number of aromatic nitrogens is 4. The normalized spacial score (nSPS) is 20.5. The number of benzene rings is 1. The number of ether oxygens (including phenoxy) is 2. The highest BCUT2D eigenvalue weighted by atomic mass is 35.5. The number of anilines is 4. The molecule has 0 bridgehead atoms. The summed E-state index contributed by atoms with van der Waals surface area (Å²) in [6, 6.07) is 8.07. The first-order valence-electron chi connectivity index (χ1n) is 13.7. The van der Waals surface area contributed by atoms with Crippen molar-refractivity contribution in [2.45, 2.75) is 43.4 Å². The molecule has 3 aromatic rings. The molecule has 1 aromatic carbocycles. The Morgan fingerprint density at radius 3 is 2.71 bits per heavy atom. The molecular weight excluding hydrogens is 562 g/mol. The van der Waals surface area contributed by atoms with Gasteiger partial charge in [0.15, 0.2) is 17.2 Å². The Hall–Kier alpha value is -4.37. The number of likely N-dealkylation sites (N-methyl/N-ethyl adjacent to an activating group) is 1. The summed E-state index contributed by atoms with van der Waals surface area (Å²) in [4.78, 5) is 25.4. The van der Waals surface area contributed by atoms with E-state index in [0.717, 1.165) is 12.8 Å². The van der Waals surface area contributed by atoms with Crippen LogP contribution in [-0.4, -0.2) is 95.2 Å². The van der Waals surface area contributed by atoms with E-state index in [1.54, 1.807) is 12.1 Å². The molecule has 2 atom stereocenters. The van der Waals surface area contributed by atoms with Gasteiger partial charge in [-0.05, 0) is 38.4 Å². The van der Waals surface area contributed by atoms with Crippen molar-refractivity contribution in [1.29, 1.82) is 10.5 Å². The fourth-order valence-corrected chi connectivity index (χ4v) is 5.59. The van der Waals surface area contributed by atoms with Crippen LogP contribution in [0.1, 0.15) is 30.5 Å². The molecule has 3 aliphatic rings. The summed E-state index contributed by atoms with van der Waals surface area (Å²) in [5.41, 5.74) is 2.25. The van der Waals surface area contributed by atoms with Crippen molar-refractivity contribution in [3.05, 3.63) is 34.6 Å². The van der Waals surface area contributed by atoms with E-state index in [2.05, 4.69) is 53.0 Å². The van der Waals surface area contributed by atoms with Gasteiger partial charge >= 0.3 is 6.09 Å². The molecule has 0 radical (unpaired) electrons. The van der Waals surface area contributed by atoms with E-state index in [0.29, 0.717) is 72.2 Å². The smallest absolute Gasteiger partial charge is 0.407 e. The van der Waals surface area contributed by atoms with E-state index in [4.69, 9.17) is 21.1 Å². The van der Waals surface area contributed by atoms with Crippen molar-refractivity contribution in [3.8, 4) is 12.1 Å². The van der Waals surface area contributed by atoms with Crippen molar-refractivity contribution < 1.29 is 14.3 Å². The zero-order valence-corrected chi connectivity index (χ0v) is 23.9. The highest BCUT2D eigenvalue weighted by molar-refractivity contribution is 6.36. The Labute approximate surface area is 247 Å². The third kappa shape index (κ3) is 5.44. The SMILES string of the molecule is COC(=O)N[C@H]1CCN(c2cc(C#N)cc(Nc3nc(NC4CC4)c4ncc(C#N)n4n3)c2Cl)CC1N(C)C1COC1. The minimum Gasteiger partial charge on any atom is -0.453 e. The maximum Gasteiger partial charge on any atom is 0.407 e. The first-order chi connectivity index (χ1) is 20.4. The van der Waals surface area contributed by atoms with Gasteiger partial charge in [0.2, 0.25) is 5.95 Å². The van der Waals surface area contributed by atoms with Crippen LogP contribution in [0.2, 0.25) is 5.02 Å². The van der Waals surface area contributed by atoms with E-state index < -0.39 is 6.09 Å². The Balaban J connectivity index is 1.32. The third-order valence-electron chi connectivity index (χ3n) is 7.95. The van der Waals surface area contributed by atoms with Crippen LogP contribution in [0.25, 0.3) is 5.65 Å². The Morgan fingerprint density at radius 2 is 2.05 bits per heavy atom. The van der Waals surface area contributed by atoms with Gasteiger partial charge in [-0.1, -0.05) is 11.6 Å². The topological polar surface area (TPSA) is 169 Å². The van der Waals surface area contributed by atoms with Crippen LogP contribution in [0.3, 0.4) is 0 Å². The Kier molecular flexibility index (Phi) is 7.60. The number of rotatable bonds is 8. The van der Waals surface area contributed by atoms with E-state index >= 15 is 0 Å². The van der Waals surface area contributed by atoms with Crippen LogP contribution in [-0.2, 0) is 9.47 Å². The number of imidazole rings is 1. The lowest BCUT2D eigenvalue weighted by Gasteiger charge is -2.48. The first-order valence-corrected chi connectivity index (χ1v) is 14.1. The minimum absolute atomic E-state index is 0.0580. The Morgan fingerprint density at radius 1 is 1.24 bits per heavy atom. The number of methoxy groups -OCH3 is 1. The molecular formula is C27H30ClN11O3. The monoisotopic (exact) mass is 591 g/mol. The highest BCUT2D eigenvalue weighted by Crippen LogP contribution is 2.38. The molecule has 14 nitrogen and oxygen atoms in total. The Bertz CT molecular complexity index is 1590. The number of nitrogens with one attached hydrogen (secondary N) is 3. The number of alkyl carbamates (subject to hydrolysis) is 1. The van der Waals surface area contributed by atoms with Crippen molar-refractivity contribution in [2.24, 2.45) is 0 Å². The average molecular weight is 592 g/mol. The van der Waals surface area contributed by atoms with Crippen molar-refractivity contribution >= 4 is 46.5 Å². The predicted octanol–water partition coefficient (Wildman–Crippen LogP) is 2.47. The highest BCUT2D eigenvalue weighted by Gasteiger charge is 2.38. The summed E-state index contributed by atoms with van der Waals surface area (Å²) < 4.78 is 11.7. The fraction of sp³-hybridized carbons (Fsp3) is 0.481. The molecule has 2 aliphatic heterocycles. The number of nitrogens with zero attached hydrogens (tertiary/aromatic N) is 8. The number of carbonyl (C=O) groups is 1. The summed E-state index contributed by atoms with van der Waals surface area (Å²) >= 11 is 7.00. The lowest BCUT2D eigenvalue weighted by molar-refractivity contribution is -0.0740. The van der Waals surface area contributed by atoms with E-state index in [-0.39, 0.29) is 29.8 Å². The van der Waals surface area contributed by atoms with Gasteiger partial charge in [-0.2, -0.15) is 20.0 Å². The van der Waals surface area contributed by atoms with Crippen molar-refractivity contribution in [1.82, 2.24) is 29.8 Å². The standard InChI is InChI=1S/C27H30ClN11O3/c1-37(18-13-42-14-18)22-12-38(6-5-19(22)34-27(40)41-2)21-8-15(9-29)7-20(23(21)28)33-26-35-24(32-16-3-4-16)25-31-11-17(10-30)39(25)36-26/h7-8,11,16,18-19,22H,3-6,12-14H2,1-2H3,(H,34,40)(H2,32,33,35,36)/t19-,22?/m0/s1. The molecule has 3 N–H and O–H groups in total. The predicted molar refractivity (Wildman–Crippen MR) is 154 cm³/mol. The molecule has 15 heteroatoms. The van der Waals surface area contributed by atoms with Crippen LogP contribution in [0.15, 0.2) is 18.3 Å². The molecule has 1 aliphatic carbocycles. The summed E-state index contributed by atoms with van der Waals surface area (Å²) in [6.07, 6.45) is 3.67. The number of halogens is 1. The summed E-state index contributed by atoms with van der Waals surface area (Å²) in [6.45, 7) is 2.40. The largest absolute Gasteiger partial charge is 0.453 e. The molecule has 218 valence electrons. The summed E-state index contributed by atoms with van der Waals surface area (Å²) in [5, 5.41) is 33.8. The van der Waals surface area contributed by atoms with Crippen LogP contribution in [0, 0.1) is 22.7 Å². The zero-order chi connectivity index (χ0) is 29.4. The van der Waals surface area contributed by atoms with Gasteiger partial charge in [0, 0.05) is 25.2 Å². The first kappa shape index (κ1) is 27.8. The number of fused-ring (bicyclic) bond motifs is 1. The van der Waals surface area contributed by atoms with Gasteiger partial charge in [0.05, 0.1) is 66.6 Å². The number of piperidine rings is 1. The molecule has 1 amide bonds. The van der Waals surface area contributed by atoms with Crippen LogP contribution in [0.5, 0.6) is 0 Å². The molecule has 6 rings (SSSR count). The lowest BCUT2D eigenvalue weighted by atomic mass is 9.95. The molecule has 2 aromatic heterocycles. The number of amides is 1. The van der Waals surface area contributed by atoms with E-state index in [9.17, 15) is 15.3 Å². The summed E-state index contributed by atoms with van der Waals surface area (Å²) in [7, 11) is 3.38. The number of carbonyl (C=O) groups excluding carboxylic acids is 1. The third-order valence-corrected chi connectivity index (χ3v) is 8.35. The maximum absolute atomic E-state index is 12.1. The lowest BCUT2D eigenvalue weighted by Crippen LogP contribution is -2.64. The number of nitriles is 2. The van der Waals surface area contributed by atoms with Gasteiger partial charge < -0.3 is 30.3 Å². The molecule has 4 heterocycles. The van der Waals surface area contributed by atoms with Gasteiger partial charge in [0.25, 0.3) is 0 Å². The molecule has 42 heavy (non-hydrogen) atoms. The van der Waals surface area contributed by atoms with Crippen LogP contribution < -0.4 is 20.9 Å². The zero-order valence-electron chi connectivity index (χ0n) is 23.2. The van der Waals surface area contributed by atoms with Gasteiger partial charge in [-0.25, -0.2) is 9.78 Å². The number of hydrogen-bond acceptors (Lipinski definition) is 12. The van der Waals surface area contributed by atoms with E-state index in [1.807, 2.05) is 7.05 Å². The molecule has 1 saturated carbocycles.